The number of hydrogen-bond acceptors (Lipinski definition) is 6. The lowest BCUT2D eigenvalue weighted by atomic mass is 9.78. The average molecular weight is 551 g/mol. The maximum atomic E-state index is 13.4. The first-order valence-corrected chi connectivity index (χ1v) is 14.2. The van der Waals surface area contributed by atoms with Crippen LogP contribution in [-0.2, 0) is 10.3 Å². The highest BCUT2D eigenvalue weighted by molar-refractivity contribution is 5.97. The van der Waals surface area contributed by atoms with Gasteiger partial charge in [0.05, 0.1) is 12.7 Å². The molecule has 0 bridgehead atoms. The van der Waals surface area contributed by atoms with E-state index in [0.717, 1.165) is 42.1 Å². The van der Waals surface area contributed by atoms with E-state index in [2.05, 4.69) is 31.0 Å². The zero-order valence-corrected chi connectivity index (χ0v) is 24.4. The molecule has 4 aromatic rings. The van der Waals surface area contributed by atoms with Crippen LogP contribution in [-0.4, -0.2) is 31.3 Å². The second-order valence-corrected chi connectivity index (χ2v) is 10.9. The van der Waals surface area contributed by atoms with E-state index in [1.54, 1.807) is 19.2 Å². The third-order valence-corrected chi connectivity index (χ3v) is 7.83. The lowest BCUT2D eigenvalue weighted by Gasteiger charge is -2.33. The molecule has 0 aliphatic carbocycles. The quantitative estimate of drug-likeness (QED) is 0.196. The van der Waals surface area contributed by atoms with Crippen LogP contribution < -0.4 is 15.0 Å². The number of cyclic esters (lactones) is 1. The Morgan fingerprint density at radius 2 is 1.68 bits per heavy atom. The third kappa shape index (κ3) is 5.22. The van der Waals surface area contributed by atoms with E-state index in [9.17, 15) is 9.90 Å². The number of aryl methyl sites for hydroxylation is 1. The van der Waals surface area contributed by atoms with Gasteiger partial charge in [-0.3, -0.25) is 0 Å². The van der Waals surface area contributed by atoms with Crippen LogP contribution in [0.1, 0.15) is 59.8 Å². The number of hydrogen-bond donors (Lipinski definition) is 2. The highest BCUT2D eigenvalue weighted by Crippen LogP contribution is 2.53. The zero-order valence-electron chi connectivity index (χ0n) is 24.4. The van der Waals surface area contributed by atoms with Crippen molar-refractivity contribution in [3.63, 3.8) is 0 Å². The largest absolute Gasteiger partial charge is 0.507 e. The first-order chi connectivity index (χ1) is 19.8. The van der Waals surface area contributed by atoms with Crippen molar-refractivity contribution in [1.29, 1.82) is 0 Å². The molecule has 0 saturated carbocycles. The van der Waals surface area contributed by atoms with Gasteiger partial charge in [-0.25, -0.2) is 4.79 Å². The van der Waals surface area contributed by atoms with E-state index >= 15 is 0 Å². The van der Waals surface area contributed by atoms with Crippen LogP contribution in [0.25, 0.3) is 0 Å². The Morgan fingerprint density at radius 1 is 0.951 bits per heavy atom. The first-order valence-electron chi connectivity index (χ1n) is 14.2. The molecule has 212 valence electrons. The molecule has 6 nitrogen and oxygen atoms in total. The summed E-state index contributed by atoms with van der Waals surface area (Å²) in [6, 6.07) is 26.8. The van der Waals surface area contributed by atoms with Gasteiger partial charge in [-0.15, -0.1) is 0 Å². The van der Waals surface area contributed by atoms with Gasteiger partial charge in [-0.05, 0) is 74.2 Å². The predicted octanol–water partition coefficient (Wildman–Crippen LogP) is 7.79. The van der Waals surface area contributed by atoms with Crippen LogP contribution in [0.3, 0.4) is 0 Å². The summed E-state index contributed by atoms with van der Waals surface area (Å²) in [5.41, 5.74) is 4.46. The van der Waals surface area contributed by atoms with Gasteiger partial charge >= 0.3 is 5.97 Å². The number of carbonyl (C=O) groups is 1. The number of nitrogens with zero attached hydrogens (tertiary/aromatic N) is 1. The molecule has 0 spiro atoms. The summed E-state index contributed by atoms with van der Waals surface area (Å²) in [5, 5.41) is 15.2. The predicted molar refractivity (Wildman–Crippen MR) is 165 cm³/mol. The number of benzene rings is 4. The Kier molecular flexibility index (Phi) is 7.93. The second kappa shape index (κ2) is 11.6. The zero-order chi connectivity index (χ0) is 29.1. The van der Waals surface area contributed by atoms with Gasteiger partial charge in [0.2, 0.25) is 0 Å². The lowest BCUT2D eigenvalue weighted by molar-refractivity contribution is 0.0239. The molecule has 0 radical (unpaired) electrons. The monoisotopic (exact) mass is 550 g/mol. The number of rotatable bonds is 10. The summed E-state index contributed by atoms with van der Waals surface area (Å²) in [5.74, 6) is 0.732. The van der Waals surface area contributed by atoms with Crippen LogP contribution in [0.2, 0.25) is 0 Å². The Labute approximate surface area is 242 Å². The van der Waals surface area contributed by atoms with Gasteiger partial charge in [-0.2, -0.15) is 0 Å². The third-order valence-electron chi connectivity index (χ3n) is 7.83. The molecule has 0 aromatic heterocycles. The van der Waals surface area contributed by atoms with E-state index in [0.29, 0.717) is 33.9 Å². The summed E-state index contributed by atoms with van der Waals surface area (Å²) in [4.78, 5) is 15.6. The molecule has 0 saturated heterocycles. The van der Waals surface area contributed by atoms with Crippen LogP contribution in [0, 0.1) is 12.8 Å². The number of para-hydroxylation sites is 1. The SMILES string of the molecule is CCN(CCC(C)C)c1ccc(C2(c3cc(Nc4ccccc4)c(C)cc3OC)OC(=O)c3ccccc32)c(O)c1. The Hall–Kier alpha value is -4.45. The Balaban J connectivity index is 1.71. The van der Waals surface area contributed by atoms with Crippen LogP contribution >= 0.6 is 0 Å². The highest BCUT2D eigenvalue weighted by Gasteiger charge is 2.51. The number of aromatic hydroxyl groups is 1. The minimum atomic E-state index is -1.42. The van der Waals surface area contributed by atoms with E-state index in [-0.39, 0.29) is 5.75 Å². The van der Waals surface area contributed by atoms with Gasteiger partial charge in [-0.1, -0.05) is 50.2 Å². The number of nitrogens with one attached hydrogen (secondary N) is 1. The molecule has 2 N–H and O–H groups in total. The van der Waals surface area contributed by atoms with Gasteiger partial charge in [0.15, 0.2) is 5.60 Å². The van der Waals surface area contributed by atoms with Crippen molar-refractivity contribution in [3.05, 3.63) is 113 Å². The molecule has 1 heterocycles. The molecule has 1 aliphatic heterocycles. The number of phenolic OH excluding ortho intramolecular Hbond substituents is 1. The maximum absolute atomic E-state index is 13.4. The molecule has 4 aromatic carbocycles. The van der Waals surface area contributed by atoms with E-state index in [1.807, 2.05) is 79.7 Å². The number of esters is 1. The Morgan fingerprint density at radius 3 is 2.37 bits per heavy atom. The fourth-order valence-electron chi connectivity index (χ4n) is 5.60. The minimum Gasteiger partial charge on any atom is -0.507 e. The second-order valence-electron chi connectivity index (χ2n) is 10.9. The van der Waals surface area contributed by atoms with Crippen LogP contribution in [0.15, 0.2) is 84.9 Å². The minimum absolute atomic E-state index is 0.0511. The van der Waals surface area contributed by atoms with E-state index in [1.165, 1.54) is 0 Å². The molecule has 1 aliphatic rings. The van der Waals surface area contributed by atoms with Crippen LogP contribution in [0.4, 0.5) is 17.1 Å². The molecule has 0 amide bonds. The number of methoxy groups -OCH3 is 1. The molecule has 1 unspecified atom stereocenters. The summed E-state index contributed by atoms with van der Waals surface area (Å²) >= 11 is 0. The van der Waals surface area contributed by atoms with Gasteiger partial charge in [0.1, 0.15) is 11.5 Å². The molecule has 6 heteroatoms. The highest BCUT2D eigenvalue weighted by atomic mass is 16.6. The van der Waals surface area contributed by atoms with Crippen molar-refractivity contribution in [2.24, 2.45) is 5.92 Å². The van der Waals surface area contributed by atoms with Crippen LogP contribution in [0.5, 0.6) is 11.5 Å². The summed E-state index contributed by atoms with van der Waals surface area (Å²) in [7, 11) is 1.61. The Bertz CT molecular complexity index is 1550. The number of phenols is 1. The summed E-state index contributed by atoms with van der Waals surface area (Å²) < 4.78 is 12.3. The fraction of sp³-hybridized carbons (Fsp3) is 0.286. The molecule has 5 rings (SSSR count). The molecule has 1 atom stereocenters. The summed E-state index contributed by atoms with van der Waals surface area (Å²) in [6.45, 7) is 10.2. The maximum Gasteiger partial charge on any atom is 0.340 e. The smallest absolute Gasteiger partial charge is 0.340 e. The van der Waals surface area contributed by atoms with Gasteiger partial charge in [0.25, 0.3) is 0 Å². The van der Waals surface area contributed by atoms with Crippen molar-refractivity contribution in [2.45, 2.75) is 39.7 Å². The topological polar surface area (TPSA) is 71.0 Å². The number of anilines is 3. The van der Waals surface area contributed by atoms with Crippen molar-refractivity contribution in [1.82, 2.24) is 0 Å². The van der Waals surface area contributed by atoms with Crippen molar-refractivity contribution in [3.8, 4) is 11.5 Å². The van der Waals surface area contributed by atoms with E-state index < -0.39 is 11.6 Å². The van der Waals surface area contributed by atoms with E-state index in [4.69, 9.17) is 9.47 Å². The fourth-order valence-corrected chi connectivity index (χ4v) is 5.60. The normalized spacial score (nSPS) is 15.9. The van der Waals surface area contributed by atoms with Gasteiger partial charge < -0.3 is 24.8 Å². The molecule has 41 heavy (non-hydrogen) atoms. The van der Waals surface area contributed by atoms with Gasteiger partial charge in [0, 0.05) is 52.9 Å². The number of fused-ring (bicyclic) bond motifs is 1. The van der Waals surface area contributed by atoms with Crippen molar-refractivity contribution >= 4 is 23.0 Å². The first kappa shape index (κ1) is 28.1. The number of ether oxygens (including phenoxy) is 2. The number of carbonyl (C=O) groups excluding carboxylic acids is 1. The standard InChI is InChI=1S/C35H38N2O4/c1-6-37(19-18-23(2)3)26-16-17-29(32(38)21-26)35(28-15-11-10-14-27(28)34(39)41-35)30-22-31(24(4)20-33(30)40-5)36-25-12-8-7-9-13-25/h7-17,20-23,36,38H,6,18-19H2,1-5H3. The van der Waals surface area contributed by atoms with Crippen molar-refractivity contribution < 1.29 is 19.4 Å². The van der Waals surface area contributed by atoms with Crippen molar-refractivity contribution in [2.75, 3.05) is 30.4 Å². The molecular formula is C35H38N2O4. The average Bonchev–Trinajstić information content (AvgIpc) is 3.27. The molecule has 0 fully saturated rings. The lowest BCUT2D eigenvalue weighted by Crippen LogP contribution is -2.31. The molecular weight excluding hydrogens is 512 g/mol. The summed E-state index contributed by atoms with van der Waals surface area (Å²) in [6.07, 6.45) is 1.04.